The van der Waals surface area contributed by atoms with Crippen LogP contribution in [0.15, 0.2) is 0 Å². The summed E-state index contributed by atoms with van der Waals surface area (Å²) in [5, 5.41) is 7.44. The molecule has 6 heteroatoms. The lowest BCUT2D eigenvalue weighted by atomic mass is 9.80. The van der Waals surface area contributed by atoms with Gasteiger partial charge in [0.05, 0.1) is 17.5 Å². The predicted molar refractivity (Wildman–Crippen MR) is 96.7 cm³/mol. The Kier molecular flexibility index (Phi) is 6.22. The van der Waals surface area contributed by atoms with E-state index in [0.29, 0.717) is 30.3 Å². The molecule has 3 fully saturated rings. The number of nitrogens with one attached hydrogen (secondary N) is 2. The van der Waals surface area contributed by atoms with Crippen LogP contribution in [0.3, 0.4) is 0 Å². The largest absolute Gasteiger partial charge is 0.377 e. The summed E-state index contributed by atoms with van der Waals surface area (Å²) < 4.78 is 29.3. The first kappa shape index (κ1) is 18.6. The van der Waals surface area contributed by atoms with Crippen molar-refractivity contribution in [3.05, 3.63) is 0 Å². The van der Waals surface area contributed by atoms with Crippen LogP contribution in [0.5, 0.6) is 0 Å². The molecule has 24 heavy (non-hydrogen) atoms. The Bertz CT molecular complexity index is 496. The molecule has 0 bridgehead atoms. The van der Waals surface area contributed by atoms with Crippen LogP contribution < -0.4 is 10.6 Å². The standard InChI is InChI=1S/C18H34N2O3S/c1-13(17-6-4-12-23-17)19-18-7-3-5-16(20-18)14-8-10-15(11-9-14)24(2,21)22/h13-20H,3-12H2,1-2H3/t13-,14?,15?,16?,17?,18?/m1/s1. The molecule has 3 unspecified atom stereocenters. The van der Waals surface area contributed by atoms with Crippen molar-refractivity contribution in [3.8, 4) is 0 Å². The van der Waals surface area contributed by atoms with E-state index in [0.717, 1.165) is 32.3 Å². The molecule has 0 radical (unpaired) electrons. The van der Waals surface area contributed by atoms with Crippen molar-refractivity contribution >= 4 is 9.84 Å². The van der Waals surface area contributed by atoms with E-state index in [9.17, 15) is 8.42 Å². The van der Waals surface area contributed by atoms with Gasteiger partial charge in [0.2, 0.25) is 0 Å². The lowest BCUT2D eigenvalue weighted by Gasteiger charge is -2.40. The minimum atomic E-state index is -2.86. The third-order valence-corrected chi connectivity index (χ3v) is 7.99. The van der Waals surface area contributed by atoms with Crippen molar-refractivity contribution in [1.29, 1.82) is 0 Å². The van der Waals surface area contributed by atoms with E-state index in [1.165, 1.54) is 38.4 Å². The Morgan fingerprint density at radius 1 is 1.04 bits per heavy atom. The SMILES string of the molecule is C[C@@H](NC1CCCC(C2CCC(S(C)(=O)=O)CC2)N1)C1CCCO1. The molecule has 2 saturated heterocycles. The van der Waals surface area contributed by atoms with Crippen LogP contribution in [0.2, 0.25) is 0 Å². The fourth-order valence-corrected chi connectivity index (χ4v) is 5.94. The molecule has 2 aliphatic heterocycles. The molecule has 140 valence electrons. The molecule has 0 aromatic carbocycles. The topological polar surface area (TPSA) is 67.4 Å². The summed E-state index contributed by atoms with van der Waals surface area (Å²) in [5.41, 5.74) is 0. The smallest absolute Gasteiger partial charge is 0.150 e. The minimum Gasteiger partial charge on any atom is -0.377 e. The number of rotatable bonds is 5. The molecule has 2 N–H and O–H groups in total. The maximum atomic E-state index is 11.7. The quantitative estimate of drug-likeness (QED) is 0.789. The van der Waals surface area contributed by atoms with Gasteiger partial charge in [-0.1, -0.05) is 0 Å². The fraction of sp³-hybridized carbons (Fsp3) is 1.00. The van der Waals surface area contributed by atoms with Gasteiger partial charge in [0.15, 0.2) is 0 Å². The molecule has 1 saturated carbocycles. The zero-order chi connectivity index (χ0) is 17.2. The van der Waals surface area contributed by atoms with Gasteiger partial charge in [-0.15, -0.1) is 0 Å². The predicted octanol–water partition coefficient (Wildman–Crippen LogP) is 2.22. The van der Waals surface area contributed by atoms with Crippen LogP contribution in [-0.4, -0.2) is 50.9 Å². The third kappa shape index (κ3) is 4.71. The molecule has 0 spiro atoms. The second kappa shape index (κ2) is 8.02. The molecule has 1 aliphatic carbocycles. The van der Waals surface area contributed by atoms with Gasteiger partial charge in [-0.05, 0) is 70.6 Å². The van der Waals surface area contributed by atoms with Crippen molar-refractivity contribution in [3.63, 3.8) is 0 Å². The summed E-state index contributed by atoms with van der Waals surface area (Å²) in [6.45, 7) is 3.14. The van der Waals surface area contributed by atoms with Gasteiger partial charge in [-0.2, -0.15) is 0 Å². The number of sulfone groups is 1. The van der Waals surface area contributed by atoms with Gasteiger partial charge >= 0.3 is 0 Å². The fourth-order valence-electron chi connectivity index (χ4n) is 4.81. The Morgan fingerprint density at radius 3 is 2.42 bits per heavy atom. The van der Waals surface area contributed by atoms with Crippen LogP contribution in [0.25, 0.3) is 0 Å². The van der Waals surface area contributed by atoms with Crippen molar-refractivity contribution in [2.75, 3.05) is 12.9 Å². The van der Waals surface area contributed by atoms with Gasteiger partial charge in [0.1, 0.15) is 9.84 Å². The minimum absolute atomic E-state index is 0.106. The molecule has 0 amide bonds. The molecule has 4 atom stereocenters. The van der Waals surface area contributed by atoms with Gasteiger partial charge in [-0.3, -0.25) is 10.6 Å². The first-order chi connectivity index (χ1) is 11.4. The molecular formula is C18H34N2O3S. The summed E-state index contributed by atoms with van der Waals surface area (Å²) in [6.07, 6.45) is 11.9. The highest BCUT2D eigenvalue weighted by Crippen LogP contribution is 2.33. The zero-order valence-corrected chi connectivity index (χ0v) is 16.0. The molecule has 3 aliphatic rings. The van der Waals surface area contributed by atoms with Crippen LogP contribution in [0, 0.1) is 5.92 Å². The van der Waals surface area contributed by atoms with E-state index in [1.54, 1.807) is 0 Å². The van der Waals surface area contributed by atoms with Crippen LogP contribution in [-0.2, 0) is 14.6 Å². The lowest BCUT2D eigenvalue weighted by molar-refractivity contribution is 0.0716. The summed E-state index contributed by atoms with van der Waals surface area (Å²) in [5.74, 6) is 0.630. The summed E-state index contributed by atoms with van der Waals surface area (Å²) in [4.78, 5) is 0. The molecule has 2 heterocycles. The number of ether oxygens (including phenoxy) is 1. The van der Waals surface area contributed by atoms with E-state index in [2.05, 4.69) is 17.6 Å². The number of piperidine rings is 1. The normalized spacial score (nSPS) is 39.7. The van der Waals surface area contributed by atoms with Crippen molar-refractivity contribution < 1.29 is 13.2 Å². The van der Waals surface area contributed by atoms with Crippen LogP contribution >= 0.6 is 0 Å². The molecule has 3 rings (SSSR count). The van der Waals surface area contributed by atoms with E-state index in [4.69, 9.17) is 4.74 Å². The molecular weight excluding hydrogens is 324 g/mol. The number of hydrogen-bond acceptors (Lipinski definition) is 5. The highest BCUT2D eigenvalue weighted by Gasteiger charge is 2.34. The highest BCUT2D eigenvalue weighted by atomic mass is 32.2. The Labute approximate surface area is 147 Å². The Balaban J connectivity index is 1.47. The van der Waals surface area contributed by atoms with Crippen molar-refractivity contribution in [2.24, 2.45) is 5.92 Å². The Morgan fingerprint density at radius 2 is 1.79 bits per heavy atom. The average Bonchev–Trinajstić information content (AvgIpc) is 3.09. The van der Waals surface area contributed by atoms with Gasteiger partial charge < -0.3 is 4.74 Å². The van der Waals surface area contributed by atoms with Crippen LogP contribution in [0.1, 0.15) is 64.7 Å². The third-order valence-electron chi connectivity index (χ3n) is 6.30. The summed E-state index contributed by atoms with van der Waals surface area (Å²) >= 11 is 0. The Hall–Kier alpha value is -0.170. The first-order valence-electron chi connectivity index (χ1n) is 9.76. The average molecular weight is 359 g/mol. The van der Waals surface area contributed by atoms with E-state index in [-0.39, 0.29) is 5.25 Å². The second-order valence-electron chi connectivity index (χ2n) is 8.13. The first-order valence-corrected chi connectivity index (χ1v) is 11.7. The monoisotopic (exact) mass is 358 g/mol. The van der Waals surface area contributed by atoms with Gasteiger partial charge in [-0.25, -0.2) is 8.42 Å². The van der Waals surface area contributed by atoms with Gasteiger partial charge in [0.25, 0.3) is 0 Å². The van der Waals surface area contributed by atoms with E-state index >= 15 is 0 Å². The van der Waals surface area contributed by atoms with Crippen LogP contribution in [0.4, 0.5) is 0 Å². The second-order valence-corrected chi connectivity index (χ2v) is 10.5. The summed E-state index contributed by atoms with van der Waals surface area (Å²) in [7, 11) is -2.86. The maximum absolute atomic E-state index is 11.7. The van der Waals surface area contributed by atoms with Gasteiger partial charge in [0, 0.05) is 24.9 Å². The maximum Gasteiger partial charge on any atom is 0.150 e. The molecule has 0 aromatic rings. The highest BCUT2D eigenvalue weighted by molar-refractivity contribution is 7.91. The van der Waals surface area contributed by atoms with Crippen molar-refractivity contribution in [2.45, 2.75) is 94.3 Å². The lowest BCUT2D eigenvalue weighted by Crippen LogP contribution is -2.57. The van der Waals surface area contributed by atoms with E-state index < -0.39 is 9.84 Å². The zero-order valence-electron chi connectivity index (χ0n) is 15.2. The van der Waals surface area contributed by atoms with Crippen molar-refractivity contribution in [1.82, 2.24) is 10.6 Å². The molecule has 5 nitrogen and oxygen atoms in total. The van der Waals surface area contributed by atoms with E-state index in [1.807, 2.05) is 0 Å². The number of hydrogen-bond donors (Lipinski definition) is 2. The summed E-state index contributed by atoms with van der Waals surface area (Å²) in [6, 6.07) is 0.929. The molecule has 0 aromatic heterocycles.